The topological polar surface area (TPSA) is 36.2 Å². The molecule has 0 aliphatic rings. The highest BCUT2D eigenvalue weighted by Crippen LogP contribution is 2.04. The molecule has 0 saturated heterocycles. The van der Waals surface area contributed by atoms with Gasteiger partial charge in [0.05, 0.1) is 11.4 Å². The first-order chi connectivity index (χ1) is 6.04. The zero-order valence-electron chi connectivity index (χ0n) is 8.94. The average Bonchev–Trinajstić information content (AvgIpc) is 2.05. The zero-order chi connectivity index (χ0) is 10.4. The van der Waals surface area contributed by atoms with Crippen molar-refractivity contribution in [2.24, 2.45) is 4.99 Å². The van der Waals surface area contributed by atoms with Crippen LogP contribution in [-0.4, -0.2) is 18.5 Å². The van der Waals surface area contributed by atoms with Crippen molar-refractivity contribution in [1.29, 1.82) is 5.41 Å². The molecule has 0 saturated carbocycles. The largest absolute Gasteiger partial charge is 0.298 e. The van der Waals surface area contributed by atoms with E-state index in [2.05, 4.69) is 18.5 Å². The van der Waals surface area contributed by atoms with Crippen LogP contribution in [-0.2, 0) is 0 Å². The third-order valence-electron chi connectivity index (χ3n) is 1.77. The monoisotopic (exact) mass is 178 g/mol. The highest BCUT2D eigenvalue weighted by Gasteiger charge is 2.07. The maximum atomic E-state index is 7.83. The predicted molar refractivity (Wildman–Crippen MR) is 59.9 cm³/mol. The van der Waals surface area contributed by atoms with E-state index < -0.39 is 0 Å². The molecule has 0 heterocycles. The number of aliphatic imine (C=N–C) groups is 1. The number of nitrogens with zero attached hydrogens (tertiary/aromatic N) is 1. The molecule has 0 spiro atoms. The van der Waals surface area contributed by atoms with Gasteiger partial charge in [-0.1, -0.05) is 19.6 Å². The molecule has 13 heavy (non-hydrogen) atoms. The smallest absolute Gasteiger partial charge is 0.0845 e. The van der Waals surface area contributed by atoms with Crippen molar-refractivity contribution >= 4 is 11.4 Å². The summed E-state index contributed by atoms with van der Waals surface area (Å²) in [4.78, 5) is 4.04. The number of nitrogens with one attached hydrogen (secondary N) is 1. The minimum absolute atomic E-state index is 0.483. The van der Waals surface area contributed by atoms with Gasteiger partial charge < -0.3 is 0 Å². The molecule has 0 aromatic carbocycles. The van der Waals surface area contributed by atoms with Gasteiger partial charge in [-0.25, -0.2) is 0 Å². The van der Waals surface area contributed by atoms with Crippen LogP contribution in [0.5, 0.6) is 0 Å². The van der Waals surface area contributed by atoms with Gasteiger partial charge in [-0.15, -0.1) is 0 Å². The van der Waals surface area contributed by atoms with Crippen LogP contribution in [0.2, 0.25) is 0 Å². The van der Waals surface area contributed by atoms with Crippen LogP contribution in [0.1, 0.15) is 27.2 Å². The molecule has 0 aliphatic heterocycles. The van der Waals surface area contributed by atoms with E-state index in [1.54, 1.807) is 7.05 Å². The molecule has 0 bridgehead atoms. The normalized spacial score (nSPS) is 12.9. The summed E-state index contributed by atoms with van der Waals surface area (Å²) in [5.74, 6) is 0. The Kier molecular flexibility index (Phi) is 4.97. The lowest BCUT2D eigenvalue weighted by Gasteiger charge is -2.06. The Morgan fingerprint density at radius 1 is 1.46 bits per heavy atom. The molecule has 0 unspecified atom stereocenters. The third-order valence-corrected chi connectivity index (χ3v) is 1.77. The van der Waals surface area contributed by atoms with Gasteiger partial charge in [0.1, 0.15) is 0 Å². The van der Waals surface area contributed by atoms with Crippen molar-refractivity contribution in [3.63, 3.8) is 0 Å². The lowest BCUT2D eigenvalue weighted by atomic mass is 10.0. The Bertz CT molecular complexity index is 270. The first-order valence-electron chi connectivity index (χ1n) is 4.43. The van der Waals surface area contributed by atoms with E-state index in [1.807, 2.05) is 19.9 Å². The lowest BCUT2D eigenvalue weighted by molar-refractivity contribution is 1.20. The Hall–Kier alpha value is -1.18. The molecule has 72 valence electrons. The van der Waals surface area contributed by atoms with Crippen LogP contribution >= 0.6 is 0 Å². The van der Waals surface area contributed by atoms with Crippen LogP contribution in [0.25, 0.3) is 0 Å². The molecule has 0 amide bonds. The number of allylic oxidation sites excluding steroid dienone is 3. The lowest BCUT2D eigenvalue weighted by Crippen LogP contribution is -2.15. The van der Waals surface area contributed by atoms with E-state index in [4.69, 9.17) is 5.41 Å². The van der Waals surface area contributed by atoms with Crippen molar-refractivity contribution in [3.05, 3.63) is 23.8 Å². The molecule has 0 fully saturated rings. The highest BCUT2D eigenvalue weighted by atomic mass is 14.7. The van der Waals surface area contributed by atoms with Crippen LogP contribution in [0, 0.1) is 5.41 Å². The Morgan fingerprint density at radius 2 is 2.00 bits per heavy atom. The number of rotatable bonds is 4. The molecule has 2 nitrogen and oxygen atoms in total. The molecule has 2 heteroatoms. The van der Waals surface area contributed by atoms with Gasteiger partial charge >= 0.3 is 0 Å². The standard InChI is InChI=1S/C11H18N2/c1-6-7-9(4)10(12)11(13-5)8(2)3/h7,12H,2,6H2,1,3-5H3/b9-7-,12-10?,13-11?. The van der Waals surface area contributed by atoms with E-state index >= 15 is 0 Å². The molecule has 0 aromatic heterocycles. The summed E-state index contributed by atoms with van der Waals surface area (Å²) in [5.41, 5.74) is 2.99. The fraction of sp³-hybridized carbons (Fsp3) is 0.455. The first-order valence-corrected chi connectivity index (χ1v) is 4.43. The van der Waals surface area contributed by atoms with Gasteiger partial charge in [0.25, 0.3) is 0 Å². The second-order valence-electron chi connectivity index (χ2n) is 3.02. The second kappa shape index (κ2) is 5.46. The van der Waals surface area contributed by atoms with E-state index in [1.165, 1.54) is 0 Å². The van der Waals surface area contributed by atoms with Gasteiger partial charge in [0.15, 0.2) is 0 Å². The summed E-state index contributed by atoms with van der Waals surface area (Å²) in [6.07, 6.45) is 2.97. The SMILES string of the molecule is C=C(C)C(=NC)C(=N)/C(C)=C\CC. The predicted octanol–water partition coefficient (Wildman–Crippen LogP) is 3.01. The third kappa shape index (κ3) is 3.36. The second-order valence-corrected chi connectivity index (χ2v) is 3.02. The first kappa shape index (κ1) is 11.8. The van der Waals surface area contributed by atoms with Crippen LogP contribution in [0.3, 0.4) is 0 Å². The minimum atomic E-state index is 0.483. The van der Waals surface area contributed by atoms with Gasteiger partial charge in [-0.2, -0.15) is 0 Å². The molecule has 0 atom stereocenters. The summed E-state index contributed by atoms with van der Waals surface area (Å²) in [6, 6.07) is 0. The number of hydrogen-bond donors (Lipinski definition) is 1. The van der Waals surface area contributed by atoms with Crippen LogP contribution in [0.15, 0.2) is 28.8 Å². The summed E-state index contributed by atoms with van der Waals surface area (Å²) in [6.45, 7) is 9.65. The Morgan fingerprint density at radius 3 is 2.31 bits per heavy atom. The van der Waals surface area contributed by atoms with Crippen molar-refractivity contribution < 1.29 is 0 Å². The molecule has 0 rings (SSSR count). The van der Waals surface area contributed by atoms with E-state index in [0.717, 1.165) is 17.6 Å². The van der Waals surface area contributed by atoms with Crippen LogP contribution < -0.4 is 0 Å². The molecule has 1 N–H and O–H groups in total. The van der Waals surface area contributed by atoms with Crippen LogP contribution in [0.4, 0.5) is 0 Å². The maximum absolute atomic E-state index is 7.83. The fourth-order valence-corrected chi connectivity index (χ4v) is 1.11. The Balaban J connectivity index is 4.78. The summed E-state index contributed by atoms with van der Waals surface area (Å²) < 4.78 is 0. The van der Waals surface area contributed by atoms with Gasteiger partial charge in [0.2, 0.25) is 0 Å². The fourth-order valence-electron chi connectivity index (χ4n) is 1.11. The Labute approximate surface area is 80.6 Å². The van der Waals surface area contributed by atoms with Crippen molar-refractivity contribution in [2.75, 3.05) is 7.05 Å². The van der Waals surface area contributed by atoms with Crippen molar-refractivity contribution in [3.8, 4) is 0 Å². The van der Waals surface area contributed by atoms with Crippen molar-refractivity contribution in [2.45, 2.75) is 27.2 Å². The van der Waals surface area contributed by atoms with Gasteiger partial charge in [0, 0.05) is 7.05 Å². The quantitative estimate of drug-likeness (QED) is 0.642. The maximum Gasteiger partial charge on any atom is 0.0845 e. The molecular weight excluding hydrogens is 160 g/mol. The molecule has 0 radical (unpaired) electrons. The summed E-state index contributed by atoms with van der Waals surface area (Å²) in [5, 5.41) is 7.83. The van der Waals surface area contributed by atoms with Gasteiger partial charge in [-0.3, -0.25) is 10.4 Å². The van der Waals surface area contributed by atoms with Gasteiger partial charge in [-0.05, 0) is 31.4 Å². The highest BCUT2D eigenvalue weighted by molar-refractivity contribution is 6.52. The molecule has 0 aromatic rings. The minimum Gasteiger partial charge on any atom is -0.298 e. The molecule has 0 aliphatic carbocycles. The summed E-state index contributed by atoms with van der Waals surface area (Å²) >= 11 is 0. The van der Waals surface area contributed by atoms with Crippen molar-refractivity contribution in [1.82, 2.24) is 0 Å². The van der Waals surface area contributed by atoms with E-state index in [9.17, 15) is 0 Å². The zero-order valence-corrected chi connectivity index (χ0v) is 8.94. The van der Waals surface area contributed by atoms with E-state index in [0.29, 0.717) is 11.4 Å². The van der Waals surface area contributed by atoms with E-state index in [-0.39, 0.29) is 0 Å². The summed E-state index contributed by atoms with van der Waals surface area (Å²) in [7, 11) is 1.69. The average molecular weight is 178 g/mol. The number of hydrogen-bond acceptors (Lipinski definition) is 2. The molecular formula is C11H18N2.